The van der Waals surface area contributed by atoms with Crippen molar-refractivity contribution in [2.24, 2.45) is 0 Å². The van der Waals surface area contributed by atoms with Gasteiger partial charge in [-0.2, -0.15) is 0 Å². The zero-order valence-electron chi connectivity index (χ0n) is 21.1. The molecule has 1 aliphatic heterocycles. The van der Waals surface area contributed by atoms with Crippen molar-refractivity contribution in [3.63, 3.8) is 0 Å². The zero-order chi connectivity index (χ0) is 25.1. The average molecular weight is 582 g/mol. The first-order valence-corrected chi connectivity index (χ1v) is 13.6. The molecule has 0 saturated heterocycles. The molecule has 2 aliphatic carbocycles. The van der Waals surface area contributed by atoms with E-state index in [1.54, 1.807) is 19.9 Å². The molecule has 3 aliphatic rings. The first-order chi connectivity index (χ1) is 15.8. The number of aliphatic hydroxyl groups excluding tert-OH is 1. The third-order valence-electron chi connectivity index (χ3n) is 8.41. The number of fused-ring (bicyclic) bond motifs is 4. The van der Waals surface area contributed by atoms with E-state index in [2.05, 4.69) is 60.2 Å². The van der Waals surface area contributed by atoms with Crippen LogP contribution in [0.2, 0.25) is 0 Å². The highest BCUT2D eigenvalue weighted by Crippen LogP contribution is 2.60. The molecule has 0 spiro atoms. The summed E-state index contributed by atoms with van der Waals surface area (Å²) in [5.41, 5.74) is 0.497. The van der Waals surface area contributed by atoms with Gasteiger partial charge in [0.15, 0.2) is 0 Å². The van der Waals surface area contributed by atoms with Crippen molar-refractivity contribution in [2.75, 3.05) is 0 Å². The average Bonchev–Trinajstić information content (AvgIpc) is 3.08. The van der Waals surface area contributed by atoms with Gasteiger partial charge in [0.25, 0.3) is 0 Å². The topological polar surface area (TPSA) is 85.7 Å². The number of aromatic amines is 1. The SMILES string of the molecule is C=c1[nH]c2c(/c1=C/C=C\C)CCCCC1(O)C3=CC(O)C(C(C)(C)O)OC3CC[C@]1(I)C2(C)C. The predicted molar refractivity (Wildman–Crippen MR) is 145 cm³/mol. The molecule has 4 unspecified atom stereocenters. The number of aliphatic hydroxyl groups is 3. The minimum Gasteiger partial charge on any atom is -0.388 e. The quantitative estimate of drug-likeness (QED) is 0.246. The number of nitrogens with one attached hydrogen (secondary N) is 1. The van der Waals surface area contributed by atoms with E-state index >= 15 is 0 Å². The van der Waals surface area contributed by atoms with Gasteiger partial charge in [-0.25, -0.2) is 0 Å². The van der Waals surface area contributed by atoms with Crippen molar-refractivity contribution in [3.8, 4) is 0 Å². The molecule has 5 atom stereocenters. The summed E-state index contributed by atoms with van der Waals surface area (Å²) in [4.78, 5) is 3.62. The molecule has 4 N–H and O–H groups in total. The standard InChI is InChI=1S/C28H40INO4/c1-7-8-11-18-17(2)30-23-19(18)12-9-10-14-27(33)20-16-21(31)24(26(5,6)32)34-22(20)13-15-28(27,29)25(23,3)4/h7-8,11,16,21-22,24,30-33H,2,9-10,12-15H2,1,3-6H3/b8-7-,18-11+/t21?,22?,24?,27?,28-/m0/s1. The Balaban J connectivity index is 1.89. The molecule has 4 rings (SSSR count). The lowest BCUT2D eigenvalue weighted by atomic mass is 9.57. The Kier molecular flexibility index (Phi) is 6.82. The fourth-order valence-corrected chi connectivity index (χ4v) is 7.70. The molecule has 6 heteroatoms. The summed E-state index contributed by atoms with van der Waals surface area (Å²) in [6.45, 7) is 14.1. The van der Waals surface area contributed by atoms with Crippen molar-refractivity contribution in [2.45, 2.75) is 111 Å². The molecule has 1 aromatic rings. The predicted octanol–water partition coefficient (Wildman–Crippen LogP) is 3.31. The van der Waals surface area contributed by atoms with Gasteiger partial charge in [-0.1, -0.05) is 61.2 Å². The molecular formula is C28H40INO4. The summed E-state index contributed by atoms with van der Waals surface area (Å²) in [5, 5.41) is 36.1. The van der Waals surface area contributed by atoms with E-state index < -0.39 is 32.2 Å². The number of ether oxygens (including phenoxy) is 1. The van der Waals surface area contributed by atoms with Gasteiger partial charge in [-0.3, -0.25) is 0 Å². The van der Waals surface area contributed by atoms with Crippen LogP contribution in [-0.2, 0) is 16.6 Å². The number of allylic oxidation sites excluding steroid dienone is 2. The number of alkyl halides is 1. The Morgan fingerprint density at radius 1 is 1.26 bits per heavy atom. The Hall–Kier alpha value is -0.930. The smallest absolute Gasteiger partial charge is 0.116 e. The lowest BCUT2D eigenvalue weighted by Gasteiger charge is -2.59. The van der Waals surface area contributed by atoms with Gasteiger partial charge in [0.1, 0.15) is 17.8 Å². The maximum absolute atomic E-state index is 12.6. The molecule has 0 aromatic carbocycles. The largest absolute Gasteiger partial charge is 0.388 e. The lowest BCUT2D eigenvalue weighted by molar-refractivity contribution is -0.172. The summed E-state index contributed by atoms with van der Waals surface area (Å²) >= 11 is 2.51. The third kappa shape index (κ3) is 3.88. The van der Waals surface area contributed by atoms with Crippen molar-refractivity contribution in [1.29, 1.82) is 0 Å². The molecule has 0 bridgehead atoms. The Bertz CT molecular complexity index is 1110. The summed E-state index contributed by atoms with van der Waals surface area (Å²) < 4.78 is 5.74. The van der Waals surface area contributed by atoms with Crippen molar-refractivity contribution in [3.05, 3.63) is 45.6 Å². The summed E-state index contributed by atoms with van der Waals surface area (Å²) in [5.74, 6) is 0. The Morgan fingerprint density at radius 3 is 2.62 bits per heavy atom. The molecule has 2 heterocycles. The van der Waals surface area contributed by atoms with Crippen LogP contribution in [0.5, 0.6) is 0 Å². The third-order valence-corrected chi connectivity index (χ3v) is 11.2. The normalized spacial score (nSPS) is 36.7. The van der Waals surface area contributed by atoms with Crippen LogP contribution in [0.1, 0.15) is 78.0 Å². The second-order valence-corrected chi connectivity index (χ2v) is 13.2. The summed E-state index contributed by atoms with van der Waals surface area (Å²) in [6.07, 6.45) is 10.9. The molecule has 1 aromatic heterocycles. The maximum Gasteiger partial charge on any atom is 0.116 e. The van der Waals surface area contributed by atoms with Gasteiger partial charge in [-0.15, -0.1) is 0 Å². The molecular weight excluding hydrogens is 541 g/mol. The zero-order valence-corrected chi connectivity index (χ0v) is 23.3. The van der Waals surface area contributed by atoms with Gasteiger partial charge in [0, 0.05) is 21.7 Å². The minimum absolute atomic E-state index is 0.311. The van der Waals surface area contributed by atoms with Gasteiger partial charge >= 0.3 is 0 Å². The number of aromatic nitrogens is 1. The monoisotopic (exact) mass is 581 g/mol. The van der Waals surface area contributed by atoms with Crippen LogP contribution in [0, 0.1) is 0 Å². The number of H-pyrrole nitrogens is 1. The molecule has 34 heavy (non-hydrogen) atoms. The van der Waals surface area contributed by atoms with Crippen molar-refractivity contribution < 1.29 is 20.1 Å². The van der Waals surface area contributed by atoms with E-state index in [0.717, 1.165) is 53.9 Å². The molecule has 5 nitrogen and oxygen atoms in total. The number of halogens is 1. The molecule has 1 fully saturated rings. The summed E-state index contributed by atoms with van der Waals surface area (Å²) in [7, 11) is 0. The van der Waals surface area contributed by atoms with Crippen LogP contribution in [0.15, 0.2) is 23.8 Å². The second kappa shape index (κ2) is 8.87. The summed E-state index contributed by atoms with van der Waals surface area (Å²) in [6, 6.07) is 0. The van der Waals surface area contributed by atoms with E-state index in [9.17, 15) is 15.3 Å². The van der Waals surface area contributed by atoms with Gasteiger partial charge in [0.05, 0.1) is 15.1 Å². The van der Waals surface area contributed by atoms with Crippen LogP contribution in [0.4, 0.5) is 0 Å². The van der Waals surface area contributed by atoms with Crippen LogP contribution in [0.25, 0.3) is 12.7 Å². The van der Waals surface area contributed by atoms with E-state index in [1.165, 1.54) is 5.56 Å². The number of rotatable bonds is 2. The van der Waals surface area contributed by atoms with E-state index in [-0.39, 0.29) is 6.10 Å². The van der Waals surface area contributed by atoms with E-state index in [0.29, 0.717) is 6.42 Å². The molecule has 0 radical (unpaired) electrons. The molecule has 1 saturated carbocycles. The van der Waals surface area contributed by atoms with Crippen LogP contribution in [-0.4, -0.2) is 53.2 Å². The highest BCUT2D eigenvalue weighted by atomic mass is 127. The van der Waals surface area contributed by atoms with Crippen molar-refractivity contribution >= 4 is 35.2 Å². The number of hydrogen-bond acceptors (Lipinski definition) is 4. The van der Waals surface area contributed by atoms with Crippen LogP contribution in [0.3, 0.4) is 0 Å². The number of hydrogen-bond donors (Lipinski definition) is 4. The molecule has 0 amide bonds. The van der Waals surface area contributed by atoms with E-state index in [4.69, 9.17) is 4.74 Å². The minimum atomic E-state index is -1.18. The van der Waals surface area contributed by atoms with Gasteiger partial charge in [0.2, 0.25) is 0 Å². The Morgan fingerprint density at radius 2 is 1.97 bits per heavy atom. The van der Waals surface area contributed by atoms with Crippen molar-refractivity contribution in [1.82, 2.24) is 4.98 Å². The van der Waals surface area contributed by atoms with Gasteiger partial charge < -0.3 is 25.0 Å². The van der Waals surface area contributed by atoms with Crippen LogP contribution >= 0.6 is 22.6 Å². The first kappa shape index (κ1) is 26.1. The lowest BCUT2D eigenvalue weighted by Crippen LogP contribution is -2.67. The fourth-order valence-electron chi connectivity index (χ4n) is 6.54. The van der Waals surface area contributed by atoms with Gasteiger partial charge in [-0.05, 0) is 76.5 Å². The molecule has 188 valence electrons. The Labute approximate surface area is 216 Å². The first-order valence-electron chi connectivity index (χ1n) is 12.5. The maximum atomic E-state index is 12.6. The highest BCUT2D eigenvalue weighted by molar-refractivity contribution is 14.1. The van der Waals surface area contributed by atoms with E-state index in [1.807, 2.05) is 13.0 Å². The fraction of sp³-hybridized carbons (Fsp3) is 0.643. The second-order valence-electron chi connectivity index (χ2n) is 11.4. The van der Waals surface area contributed by atoms with Crippen LogP contribution < -0.4 is 10.6 Å². The highest BCUT2D eigenvalue weighted by Gasteiger charge is 2.64.